The van der Waals surface area contributed by atoms with Crippen LogP contribution in [0.5, 0.6) is 0 Å². The predicted molar refractivity (Wildman–Crippen MR) is 95.3 cm³/mol. The lowest BCUT2D eigenvalue weighted by atomic mass is 10.0. The highest BCUT2D eigenvalue weighted by Gasteiger charge is 2.23. The molecule has 22 heavy (non-hydrogen) atoms. The molecule has 126 valence electrons. The van der Waals surface area contributed by atoms with Gasteiger partial charge in [-0.05, 0) is 56.5 Å². The Morgan fingerprint density at radius 3 is 2.45 bits per heavy atom. The van der Waals surface area contributed by atoms with Crippen LogP contribution in [0.4, 0.5) is 10.1 Å². The van der Waals surface area contributed by atoms with E-state index in [4.69, 9.17) is 0 Å². The van der Waals surface area contributed by atoms with E-state index in [1.807, 2.05) is 13.0 Å². The molecule has 0 bridgehead atoms. The fraction of sp³-hybridized carbons (Fsp3) is 0.625. The summed E-state index contributed by atoms with van der Waals surface area (Å²) in [5.74, 6) is -0.142. The van der Waals surface area contributed by atoms with Crippen molar-refractivity contribution in [1.29, 1.82) is 0 Å². The third-order valence-corrected chi connectivity index (χ3v) is 4.53. The Bertz CT molecular complexity index is 459. The van der Waals surface area contributed by atoms with Crippen LogP contribution < -0.4 is 15.5 Å². The Hall–Kier alpha value is -0.550. The molecular weight excluding hydrogens is 324 g/mol. The standard InChI is InChI=1S/C16H24FN3.2ClH/c1-12-10-13(17)2-3-16(12)20-8-5-14(6-9-20)19-15-4-7-18-11-15;;/h2-3,10,14-15,18-19H,4-9,11H2,1H3;2*1H. The molecule has 2 heterocycles. The summed E-state index contributed by atoms with van der Waals surface area (Å²) >= 11 is 0. The summed E-state index contributed by atoms with van der Waals surface area (Å²) in [5, 5.41) is 7.17. The molecule has 3 rings (SSSR count). The zero-order valence-electron chi connectivity index (χ0n) is 13.0. The van der Waals surface area contributed by atoms with Crippen LogP contribution in [0.2, 0.25) is 0 Å². The van der Waals surface area contributed by atoms with Gasteiger partial charge >= 0.3 is 0 Å². The van der Waals surface area contributed by atoms with Crippen molar-refractivity contribution in [3.63, 3.8) is 0 Å². The van der Waals surface area contributed by atoms with Gasteiger partial charge in [-0.3, -0.25) is 0 Å². The van der Waals surface area contributed by atoms with Gasteiger partial charge in [0.2, 0.25) is 0 Å². The number of halogens is 3. The average molecular weight is 350 g/mol. The fourth-order valence-electron chi connectivity index (χ4n) is 3.39. The van der Waals surface area contributed by atoms with Crippen molar-refractivity contribution in [2.24, 2.45) is 0 Å². The highest BCUT2D eigenvalue weighted by Crippen LogP contribution is 2.24. The molecular formula is C16H26Cl2FN3. The second-order valence-corrected chi connectivity index (χ2v) is 6.05. The molecule has 2 aliphatic heterocycles. The van der Waals surface area contributed by atoms with Crippen LogP contribution in [0.3, 0.4) is 0 Å². The molecule has 1 atom stereocenters. The van der Waals surface area contributed by atoms with Crippen molar-refractivity contribution in [2.75, 3.05) is 31.1 Å². The Morgan fingerprint density at radius 2 is 1.86 bits per heavy atom. The fourth-order valence-corrected chi connectivity index (χ4v) is 3.39. The van der Waals surface area contributed by atoms with E-state index >= 15 is 0 Å². The maximum atomic E-state index is 13.2. The molecule has 0 saturated carbocycles. The van der Waals surface area contributed by atoms with Gasteiger partial charge in [0.25, 0.3) is 0 Å². The highest BCUT2D eigenvalue weighted by molar-refractivity contribution is 5.85. The minimum absolute atomic E-state index is 0. The molecule has 2 fully saturated rings. The first-order chi connectivity index (χ1) is 9.72. The number of nitrogens with one attached hydrogen (secondary N) is 2. The SMILES string of the molecule is Cc1cc(F)ccc1N1CCC(NC2CCNC2)CC1.Cl.Cl. The summed E-state index contributed by atoms with van der Waals surface area (Å²) in [6, 6.07) is 6.40. The molecule has 0 aliphatic carbocycles. The normalized spacial score (nSPS) is 22.1. The van der Waals surface area contributed by atoms with Gasteiger partial charge in [-0.15, -0.1) is 24.8 Å². The van der Waals surface area contributed by atoms with Crippen LogP contribution in [0, 0.1) is 12.7 Å². The second-order valence-electron chi connectivity index (χ2n) is 6.05. The average Bonchev–Trinajstić information content (AvgIpc) is 2.93. The number of nitrogens with zero attached hydrogens (tertiary/aromatic N) is 1. The van der Waals surface area contributed by atoms with Crippen molar-refractivity contribution in [3.8, 4) is 0 Å². The molecule has 2 saturated heterocycles. The van der Waals surface area contributed by atoms with Gasteiger partial charge in [-0.1, -0.05) is 0 Å². The maximum absolute atomic E-state index is 13.2. The second kappa shape index (κ2) is 8.92. The van der Waals surface area contributed by atoms with Crippen molar-refractivity contribution in [3.05, 3.63) is 29.6 Å². The van der Waals surface area contributed by atoms with E-state index in [0.717, 1.165) is 31.7 Å². The number of aryl methyl sites for hydroxylation is 1. The van der Waals surface area contributed by atoms with E-state index < -0.39 is 0 Å². The van der Waals surface area contributed by atoms with Gasteiger partial charge < -0.3 is 15.5 Å². The molecule has 0 radical (unpaired) electrons. The topological polar surface area (TPSA) is 27.3 Å². The van der Waals surface area contributed by atoms with E-state index in [-0.39, 0.29) is 30.6 Å². The molecule has 1 aromatic rings. The monoisotopic (exact) mass is 349 g/mol. The van der Waals surface area contributed by atoms with Gasteiger partial charge in [0.15, 0.2) is 0 Å². The van der Waals surface area contributed by atoms with Crippen LogP contribution >= 0.6 is 24.8 Å². The maximum Gasteiger partial charge on any atom is 0.123 e. The van der Waals surface area contributed by atoms with Crippen LogP contribution in [-0.2, 0) is 0 Å². The lowest BCUT2D eigenvalue weighted by Crippen LogP contribution is -2.47. The summed E-state index contributed by atoms with van der Waals surface area (Å²) in [4.78, 5) is 2.39. The van der Waals surface area contributed by atoms with E-state index in [1.165, 1.54) is 24.9 Å². The van der Waals surface area contributed by atoms with Gasteiger partial charge in [-0.2, -0.15) is 0 Å². The summed E-state index contributed by atoms with van der Waals surface area (Å²) in [6.45, 7) is 6.37. The summed E-state index contributed by atoms with van der Waals surface area (Å²) in [5.41, 5.74) is 2.23. The zero-order valence-corrected chi connectivity index (χ0v) is 14.6. The van der Waals surface area contributed by atoms with Crippen molar-refractivity contribution >= 4 is 30.5 Å². The lowest BCUT2D eigenvalue weighted by Gasteiger charge is -2.36. The van der Waals surface area contributed by atoms with Gasteiger partial charge in [0.1, 0.15) is 5.82 Å². The molecule has 0 amide bonds. The van der Waals surface area contributed by atoms with Gasteiger partial charge in [-0.25, -0.2) is 4.39 Å². The third kappa shape index (κ3) is 4.72. The van der Waals surface area contributed by atoms with Crippen LogP contribution in [-0.4, -0.2) is 38.3 Å². The zero-order chi connectivity index (χ0) is 13.9. The van der Waals surface area contributed by atoms with Crippen LogP contribution in [0.25, 0.3) is 0 Å². The van der Waals surface area contributed by atoms with Crippen LogP contribution in [0.15, 0.2) is 18.2 Å². The van der Waals surface area contributed by atoms with Gasteiger partial charge in [0.05, 0.1) is 0 Å². The third-order valence-electron chi connectivity index (χ3n) is 4.53. The van der Waals surface area contributed by atoms with Crippen molar-refractivity contribution < 1.29 is 4.39 Å². The molecule has 1 aromatic carbocycles. The number of hydrogen-bond acceptors (Lipinski definition) is 3. The minimum Gasteiger partial charge on any atom is -0.371 e. The van der Waals surface area contributed by atoms with E-state index in [2.05, 4.69) is 15.5 Å². The largest absolute Gasteiger partial charge is 0.371 e. The molecule has 6 heteroatoms. The molecule has 1 unspecified atom stereocenters. The summed E-state index contributed by atoms with van der Waals surface area (Å²) in [6.07, 6.45) is 3.60. The Morgan fingerprint density at radius 1 is 1.14 bits per heavy atom. The smallest absolute Gasteiger partial charge is 0.123 e. The lowest BCUT2D eigenvalue weighted by molar-refractivity contribution is 0.375. The predicted octanol–water partition coefficient (Wildman–Crippen LogP) is 2.90. The van der Waals surface area contributed by atoms with Crippen molar-refractivity contribution in [2.45, 2.75) is 38.3 Å². The van der Waals surface area contributed by atoms with Crippen LogP contribution in [0.1, 0.15) is 24.8 Å². The molecule has 3 nitrogen and oxygen atoms in total. The number of anilines is 1. The minimum atomic E-state index is -0.142. The Labute approximate surface area is 144 Å². The van der Waals surface area contributed by atoms with Crippen molar-refractivity contribution in [1.82, 2.24) is 10.6 Å². The van der Waals surface area contributed by atoms with E-state index in [1.54, 1.807) is 12.1 Å². The molecule has 0 spiro atoms. The summed E-state index contributed by atoms with van der Waals surface area (Å²) in [7, 11) is 0. The number of piperidine rings is 1. The quantitative estimate of drug-likeness (QED) is 0.878. The van der Waals surface area contributed by atoms with Gasteiger partial charge in [0, 0.05) is 37.4 Å². The first-order valence-corrected chi connectivity index (χ1v) is 7.70. The first kappa shape index (κ1) is 19.5. The molecule has 0 aromatic heterocycles. The van der Waals surface area contributed by atoms with E-state index in [0.29, 0.717) is 12.1 Å². The molecule has 2 N–H and O–H groups in total. The van der Waals surface area contributed by atoms with E-state index in [9.17, 15) is 4.39 Å². The number of benzene rings is 1. The number of rotatable bonds is 3. The highest BCUT2D eigenvalue weighted by atomic mass is 35.5. The number of hydrogen-bond donors (Lipinski definition) is 2. The Balaban J connectivity index is 0.00000121. The summed E-state index contributed by atoms with van der Waals surface area (Å²) < 4.78 is 13.2. The Kier molecular flexibility index (Phi) is 7.90. The molecule has 2 aliphatic rings. The first-order valence-electron chi connectivity index (χ1n) is 7.70.